The van der Waals surface area contributed by atoms with Gasteiger partial charge in [0.25, 0.3) is 0 Å². The number of unbranched alkanes of at least 4 members (excludes halogenated alkanes) is 6. The first kappa shape index (κ1) is 19.4. The molecule has 0 aromatic heterocycles. The molecule has 0 aromatic rings. The highest BCUT2D eigenvalue weighted by Crippen LogP contribution is 2.29. The maximum absolute atomic E-state index is 12.1. The molecule has 0 saturated heterocycles. The van der Waals surface area contributed by atoms with Crippen molar-refractivity contribution < 1.29 is 8.42 Å². The third kappa shape index (κ3) is 5.80. The van der Waals surface area contributed by atoms with Gasteiger partial charge in [0, 0.05) is 0 Å². The molecule has 0 bridgehead atoms. The molecule has 4 nitrogen and oxygen atoms in total. The van der Waals surface area contributed by atoms with Gasteiger partial charge in [0.2, 0.25) is 10.0 Å². The van der Waals surface area contributed by atoms with Crippen LogP contribution in [0.25, 0.3) is 0 Å². The fourth-order valence-electron chi connectivity index (χ4n) is 2.53. The van der Waals surface area contributed by atoms with Crippen LogP contribution in [0.4, 0.5) is 0 Å². The predicted octanol–water partition coefficient (Wildman–Crippen LogP) is 3.74. The molecule has 0 saturated carbocycles. The van der Waals surface area contributed by atoms with Gasteiger partial charge >= 0.3 is 0 Å². The van der Waals surface area contributed by atoms with E-state index in [1.807, 2.05) is 6.92 Å². The number of nitrogens with one attached hydrogen (secondary N) is 1. The third-order valence-electron chi connectivity index (χ3n) is 3.82. The summed E-state index contributed by atoms with van der Waals surface area (Å²) >= 11 is 0. The first-order valence-electron chi connectivity index (χ1n) is 7.84. The fraction of sp³-hybridized carbons (Fsp3) is 0.933. The first-order valence-corrected chi connectivity index (χ1v) is 9.32. The van der Waals surface area contributed by atoms with E-state index in [0.29, 0.717) is 19.3 Å². The molecule has 118 valence electrons. The Kier molecular flexibility index (Phi) is 9.87. The molecule has 0 amide bonds. The fourth-order valence-corrected chi connectivity index (χ4v) is 3.93. The van der Waals surface area contributed by atoms with Crippen molar-refractivity contribution in [2.45, 2.75) is 82.8 Å². The van der Waals surface area contributed by atoms with Gasteiger partial charge in [-0.05, 0) is 19.9 Å². The second-order valence-corrected chi connectivity index (χ2v) is 7.63. The molecule has 20 heavy (non-hydrogen) atoms. The second-order valence-electron chi connectivity index (χ2n) is 5.43. The lowest BCUT2D eigenvalue weighted by Gasteiger charge is -2.25. The van der Waals surface area contributed by atoms with E-state index in [2.05, 4.69) is 17.7 Å². The number of rotatable bonds is 12. The quantitative estimate of drug-likeness (QED) is 0.558. The van der Waals surface area contributed by atoms with Crippen LogP contribution >= 0.6 is 0 Å². The zero-order chi connectivity index (χ0) is 15.5. The van der Waals surface area contributed by atoms with Gasteiger partial charge in [-0.3, -0.25) is 0 Å². The Morgan fingerprint density at radius 2 is 1.50 bits per heavy atom. The summed E-state index contributed by atoms with van der Waals surface area (Å²) in [7, 11) is -2.16. The minimum atomic E-state index is -3.55. The largest absolute Gasteiger partial charge is 0.230 e. The van der Waals surface area contributed by atoms with Crippen molar-refractivity contribution in [2.24, 2.45) is 0 Å². The van der Waals surface area contributed by atoms with Gasteiger partial charge in [-0.15, -0.1) is 0 Å². The van der Waals surface area contributed by atoms with Gasteiger partial charge in [0.15, 0.2) is 4.75 Å². The predicted molar refractivity (Wildman–Crippen MR) is 83.8 cm³/mol. The van der Waals surface area contributed by atoms with E-state index in [4.69, 9.17) is 0 Å². The van der Waals surface area contributed by atoms with Gasteiger partial charge in [0.05, 0.1) is 6.07 Å². The van der Waals surface area contributed by atoms with Crippen LogP contribution in [0.5, 0.6) is 0 Å². The maximum atomic E-state index is 12.1. The van der Waals surface area contributed by atoms with Gasteiger partial charge in [-0.1, -0.05) is 65.2 Å². The van der Waals surface area contributed by atoms with Crippen molar-refractivity contribution in [3.05, 3.63) is 0 Å². The molecule has 0 heterocycles. The standard InChI is InChI=1S/C15H30N2O2S/c1-4-6-7-8-9-10-11-13-15(14-16,12-5-2)20(18,19)17-3/h17H,4-13H2,1-3H3. The van der Waals surface area contributed by atoms with Crippen LogP contribution in [0.2, 0.25) is 0 Å². The number of hydrogen-bond donors (Lipinski definition) is 1. The molecule has 0 radical (unpaired) electrons. The molecule has 1 unspecified atom stereocenters. The number of nitriles is 1. The van der Waals surface area contributed by atoms with Gasteiger partial charge in [-0.2, -0.15) is 5.26 Å². The SMILES string of the molecule is CCCCCCCCCC(C#N)(CCC)S(=O)(=O)NC. The molecule has 1 N–H and O–H groups in total. The minimum absolute atomic E-state index is 0.405. The van der Waals surface area contributed by atoms with Crippen molar-refractivity contribution in [1.29, 1.82) is 5.26 Å². The zero-order valence-electron chi connectivity index (χ0n) is 13.2. The van der Waals surface area contributed by atoms with Crippen LogP contribution in [0.15, 0.2) is 0 Å². The molecule has 0 spiro atoms. The summed E-state index contributed by atoms with van der Waals surface area (Å²) in [6.07, 6.45) is 9.45. The average molecular weight is 302 g/mol. The van der Waals surface area contributed by atoms with Crippen LogP contribution in [0.1, 0.15) is 78.1 Å². The topological polar surface area (TPSA) is 70.0 Å². The summed E-state index contributed by atoms with van der Waals surface area (Å²) in [5.74, 6) is 0. The number of sulfonamides is 1. The Morgan fingerprint density at radius 1 is 0.950 bits per heavy atom. The van der Waals surface area contributed by atoms with Gasteiger partial charge < -0.3 is 0 Å². The number of hydrogen-bond acceptors (Lipinski definition) is 3. The molecule has 0 rings (SSSR count). The molecule has 0 aromatic carbocycles. The Morgan fingerprint density at radius 3 is 1.95 bits per heavy atom. The molecule has 0 aliphatic heterocycles. The van der Waals surface area contributed by atoms with E-state index in [-0.39, 0.29) is 0 Å². The monoisotopic (exact) mass is 302 g/mol. The summed E-state index contributed by atoms with van der Waals surface area (Å²) in [6, 6.07) is 2.07. The van der Waals surface area contributed by atoms with E-state index < -0.39 is 14.8 Å². The van der Waals surface area contributed by atoms with Crippen molar-refractivity contribution >= 4 is 10.0 Å². The lowest BCUT2D eigenvalue weighted by atomic mass is 9.96. The molecular weight excluding hydrogens is 272 g/mol. The van der Waals surface area contributed by atoms with Gasteiger partial charge in [0.1, 0.15) is 0 Å². The third-order valence-corrected chi connectivity index (χ3v) is 5.89. The lowest BCUT2D eigenvalue weighted by molar-refractivity contribution is 0.480. The summed E-state index contributed by atoms with van der Waals surface area (Å²) in [5.41, 5.74) is 0. The molecule has 5 heteroatoms. The molecule has 0 fully saturated rings. The first-order chi connectivity index (χ1) is 9.49. The molecule has 0 aliphatic carbocycles. The lowest BCUT2D eigenvalue weighted by Crippen LogP contribution is -2.43. The van der Waals surface area contributed by atoms with Crippen LogP contribution < -0.4 is 4.72 Å². The smallest absolute Gasteiger partial charge is 0.217 e. The van der Waals surface area contributed by atoms with E-state index in [1.54, 1.807) is 0 Å². The Labute approximate surface area is 125 Å². The second kappa shape index (κ2) is 10.2. The van der Waals surface area contributed by atoms with Gasteiger partial charge in [-0.25, -0.2) is 13.1 Å². The minimum Gasteiger partial charge on any atom is -0.217 e. The average Bonchev–Trinajstić information content (AvgIpc) is 2.44. The highest BCUT2D eigenvalue weighted by molar-refractivity contribution is 7.91. The Balaban J connectivity index is 4.37. The van der Waals surface area contributed by atoms with E-state index in [1.165, 1.54) is 32.7 Å². The van der Waals surface area contributed by atoms with Crippen molar-refractivity contribution in [2.75, 3.05) is 7.05 Å². The Hall–Kier alpha value is -0.600. The normalized spacial score (nSPS) is 14.7. The zero-order valence-corrected chi connectivity index (χ0v) is 14.1. The summed E-state index contributed by atoms with van der Waals surface area (Å²) < 4.78 is 25.3. The maximum Gasteiger partial charge on any atom is 0.230 e. The van der Waals surface area contributed by atoms with Crippen molar-refractivity contribution in [3.8, 4) is 6.07 Å². The molecule has 1 atom stereocenters. The van der Waals surface area contributed by atoms with Crippen LogP contribution in [0, 0.1) is 11.3 Å². The van der Waals surface area contributed by atoms with Crippen molar-refractivity contribution in [1.82, 2.24) is 4.72 Å². The highest BCUT2D eigenvalue weighted by atomic mass is 32.2. The summed E-state index contributed by atoms with van der Waals surface area (Å²) in [6.45, 7) is 4.11. The van der Waals surface area contributed by atoms with Crippen LogP contribution in [-0.4, -0.2) is 20.2 Å². The molecule has 0 aliphatic rings. The van der Waals surface area contributed by atoms with Crippen molar-refractivity contribution in [3.63, 3.8) is 0 Å². The highest BCUT2D eigenvalue weighted by Gasteiger charge is 2.42. The Bertz CT molecular complexity index is 387. The molecular formula is C15H30N2O2S. The number of nitrogens with zero attached hydrogens (tertiary/aromatic N) is 1. The summed E-state index contributed by atoms with van der Waals surface area (Å²) in [4.78, 5) is 0. The van der Waals surface area contributed by atoms with Crippen LogP contribution in [0.3, 0.4) is 0 Å². The van der Waals surface area contributed by atoms with E-state index >= 15 is 0 Å². The van der Waals surface area contributed by atoms with Crippen LogP contribution in [-0.2, 0) is 10.0 Å². The summed E-state index contributed by atoms with van der Waals surface area (Å²) in [5, 5.41) is 9.38. The van der Waals surface area contributed by atoms with E-state index in [0.717, 1.165) is 19.3 Å². The van der Waals surface area contributed by atoms with E-state index in [9.17, 15) is 13.7 Å².